The summed E-state index contributed by atoms with van der Waals surface area (Å²) < 4.78 is 27.3. The number of hydrogen-bond donors (Lipinski definition) is 1. The average Bonchev–Trinajstić information content (AvgIpc) is 2.53. The van der Waals surface area contributed by atoms with Crippen molar-refractivity contribution in [2.75, 3.05) is 19.6 Å². The molecule has 128 valence electrons. The Morgan fingerprint density at radius 2 is 1.87 bits per heavy atom. The fourth-order valence-electron chi connectivity index (χ4n) is 2.63. The van der Waals surface area contributed by atoms with E-state index in [1.54, 1.807) is 12.1 Å². The van der Waals surface area contributed by atoms with Gasteiger partial charge in [0, 0.05) is 25.2 Å². The number of benzene rings is 1. The van der Waals surface area contributed by atoms with E-state index in [-0.39, 0.29) is 16.7 Å². The van der Waals surface area contributed by atoms with Crippen LogP contribution in [0.4, 0.5) is 0 Å². The van der Waals surface area contributed by atoms with Crippen molar-refractivity contribution in [3.63, 3.8) is 0 Å². The summed E-state index contributed by atoms with van der Waals surface area (Å²) in [7, 11) is -3.58. The Kier molecular flexibility index (Phi) is 5.81. The Hall–Kier alpha value is -1.40. The third kappa shape index (κ3) is 4.54. The van der Waals surface area contributed by atoms with Crippen LogP contribution >= 0.6 is 0 Å². The van der Waals surface area contributed by atoms with Crippen LogP contribution in [-0.4, -0.2) is 38.9 Å². The first-order valence-corrected chi connectivity index (χ1v) is 9.69. The zero-order chi connectivity index (χ0) is 17.0. The predicted octanol–water partition coefficient (Wildman–Crippen LogP) is 2.56. The van der Waals surface area contributed by atoms with Crippen LogP contribution in [0, 0.1) is 12.8 Å². The Bertz CT molecular complexity index is 662. The van der Waals surface area contributed by atoms with Gasteiger partial charge in [-0.05, 0) is 49.8 Å². The van der Waals surface area contributed by atoms with Gasteiger partial charge in [-0.25, -0.2) is 13.1 Å². The molecule has 0 radical (unpaired) electrons. The zero-order valence-corrected chi connectivity index (χ0v) is 14.9. The van der Waals surface area contributed by atoms with Crippen molar-refractivity contribution in [1.29, 1.82) is 0 Å². The molecule has 0 spiro atoms. The number of rotatable bonds is 5. The number of likely N-dealkylation sites (tertiary alicyclic amines) is 1. The number of carbonyl (C=O) groups excluding carboxylic acids is 1. The number of piperidine rings is 1. The van der Waals surface area contributed by atoms with Crippen molar-refractivity contribution < 1.29 is 13.2 Å². The fraction of sp³-hybridized carbons (Fsp3) is 0.588. The van der Waals surface area contributed by atoms with E-state index in [4.69, 9.17) is 0 Å². The second kappa shape index (κ2) is 7.45. The number of aryl methyl sites for hydroxylation is 1. The van der Waals surface area contributed by atoms with Gasteiger partial charge in [-0.2, -0.15) is 0 Å². The number of hydrogen-bond acceptors (Lipinski definition) is 3. The quantitative estimate of drug-likeness (QED) is 0.897. The Labute approximate surface area is 139 Å². The third-order valence-corrected chi connectivity index (χ3v) is 5.50. The second-order valence-electron chi connectivity index (χ2n) is 6.58. The highest BCUT2D eigenvalue weighted by Gasteiger charge is 2.22. The molecule has 1 aromatic carbocycles. The largest absolute Gasteiger partial charge is 0.339 e. The van der Waals surface area contributed by atoms with E-state index in [9.17, 15) is 13.2 Å². The Balaban J connectivity index is 2.26. The lowest BCUT2D eigenvalue weighted by Gasteiger charge is -2.27. The van der Waals surface area contributed by atoms with Crippen LogP contribution < -0.4 is 4.72 Å². The number of nitrogens with one attached hydrogen (secondary N) is 1. The van der Waals surface area contributed by atoms with Gasteiger partial charge >= 0.3 is 0 Å². The molecule has 5 nitrogen and oxygen atoms in total. The molecular weight excluding hydrogens is 312 g/mol. The van der Waals surface area contributed by atoms with Gasteiger partial charge in [0.25, 0.3) is 5.91 Å². The maximum atomic E-state index is 12.7. The Morgan fingerprint density at radius 1 is 1.22 bits per heavy atom. The van der Waals surface area contributed by atoms with Crippen molar-refractivity contribution in [1.82, 2.24) is 9.62 Å². The van der Waals surface area contributed by atoms with E-state index in [0.29, 0.717) is 12.1 Å². The lowest BCUT2D eigenvalue weighted by Crippen LogP contribution is -2.36. The predicted molar refractivity (Wildman–Crippen MR) is 91.0 cm³/mol. The average molecular weight is 338 g/mol. The maximum absolute atomic E-state index is 12.7. The first kappa shape index (κ1) is 17.9. The summed E-state index contributed by atoms with van der Waals surface area (Å²) in [5.41, 5.74) is 1.29. The molecule has 1 amide bonds. The van der Waals surface area contributed by atoms with Gasteiger partial charge in [-0.1, -0.05) is 19.9 Å². The molecule has 23 heavy (non-hydrogen) atoms. The molecule has 0 bridgehead atoms. The van der Waals surface area contributed by atoms with Crippen LogP contribution in [0.5, 0.6) is 0 Å². The topological polar surface area (TPSA) is 66.5 Å². The minimum absolute atomic E-state index is 0.0666. The number of sulfonamides is 1. The molecule has 0 aromatic heterocycles. The SMILES string of the molecule is Cc1ccc(S(=O)(=O)NCC(C)C)cc1C(=O)N1CCCCC1. The van der Waals surface area contributed by atoms with E-state index >= 15 is 0 Å². The lowest BCUT2D eigenvalue weighted by atomic mass is 10.1. The second-order valence-corrected chi connectivity index (χ2v) is 8.34. The minimum Gasteiger partial charge on any atom is -0.339 e. The molecule has 1 fully saturated rings. The van der Waals surface area contributed by atoms with Crippen LogP contribution in [-0.2, 0) is 10.0 Å². The highest BCUT2D eigenvalue weighted by molar-refractivity contribution is 7.89. The normalized spacial score (nSPS) is 15.9. The van der Waals surface area contributed by atoms with Gasteiger partial charge in [-0.3, -0.25) is 4.79 Å². The smallest absolute Gasteiger partial charge is 0.254 e. The molecule has 1 aliphatic heterocycles. The minimum atomic E-state index is -3.58. The molecular formula is C17H26N2O3S. The van der Waals surface area contributed by atoms with Gasteiger partial charge in [0.15, 0.2) is 0 Å². The summed E-state index contributed by atoms with van der Waals surface area (Å²) >= 11 is 0. The molecule has 2 rings (SSSR count). The highest BCUT2D eigenvalue weighted by Crippen LogP contribution is 2.20. The van der Waals surface area contributed by atoms with E-state index in [1.165, 1.54) is 6.07 Å². The van der Waals surface area contributed by atoms with Crippen LogP contribution in [0.2, 0.25) is 0 Å². The molecule has 0 unspecified atom stereocenters. The lowest BCUT2D eigenvalue weighted by molar-refractivity contribution is 0.0723. The summed E-state index contributed by atoms with van der Waals surface area (Å²) in [6.45, 7) is 7.62. The summed E-state index contributed by atoms with van der Waals surface area (Å²) in [6.07, 6.45) is 3.17. The fourth-order valence-corrected chi connectivity index (χ4v) is 3.87. The van der Waals surface area contributed by atoms with Gasteiger partial charge in [0.05, 0.1) is 4.90 Å². The molecule has 0 aliphatic carbocycles. The summed E-state index contributed by atoms with van der Waals surface area (Å²) in [4.78, 5) is 14.7. The molecule has 1 aliphatic rings. The van der Waals surface area contributed by atoms with Crippen LogP contribution in [0.1, 0.15) is 49.0 Å². The molecule has 0 atom stereocenters. The molecule has 0 saturated carbocycles. The first-order chi connectivity index (χ1) is 10.8. The van der Waals surface area contributed by atoms with Crippen molar-refractivity contribution in [3.05, 3.63) is 29.3 Å². The van der Waals surface area contributed by atoms with Crippen molar-refractivity contribution in [2.24, 2.45) is 5.92 Å². The summed E-state index contributed by atoms with van der Waals surface area (Å²) in [5, 5.41) is 0. The maximum Gasteiger partial charge on any atom is 0.254 e. The van der Waals surface area contributed by atoms with Crippen LogP contribution in [0.15, 0.2) is 23.1 Å². The van der Waals surface area contributed by atoms with Gasteiger partial charge < -0.3 is 4.90 Å². The highest BCUT2D eigenvalue weighted by atomic mass is 32.2. The standard InChI is InChI=1S/C17H26N2O3S/c1-13(2)12-18-23(21,22)15-8-7-14(3)16(11-15)17(20)19-9-5-4-6-10-19/h7-8,11,13,18H,4-6,9-10,12H2,1-3H3. The van der Waals surface area contributed by atoms with E-state index in [0.717, 1.165) is 37.9 Å². The van der Waals surface area contributed by atoms with Crippen molar-refractivity contribution >= 4 is 15.9 Å². The van der Waals surface area contributed by atoms with Crippen LogP contribution in [0.3, 0.4) is 0 Å². The monoisotopic (exact) mass is 338 g/mol. The molecule has 1 aromatic rings. The number of nitrogens with zero attached hydrogens (tertiary/aromatic N) is 1. The Morgan fingerprint density at radius 3 is 2.48 bits per heavy atom. The van der Waals surface area contributed by atoms with Gasteiger partial charge in [0.2, 0.25) is 10.0 Å². The zero-order valence-electron chi connectivity index (χ0n) is 14.1. The van der Waals surface area contributed by atoms with Crippen molar-refractivity contribution in [2.45, 2.75) is 44.9 Å². The molecule has 1 heterocycles. The van der Waals surface area contributed by atoms with E-state index in [1.807, 2.05) is 25.7 Å². The van der Waals surface area contributed by atoms with Gasteiger partial charge in [0.1, 0.15) is 0 Å². The summed E-state index contributed by atoms with van der Waals surface area (Å²) in [5.74, 6) is 0.160. The van der Waals surface area contributed by atoms with E-state index in [2.05, 4.69) is 4.72 Å². The van der Waals surface area contributed by atoms with Crippen LogP contribution in [0.25, 0.3) is 0 Å². The molecule has 6 heteroatoms. The number of amides is 1. The molecule has 1 saturated heterocycles. The molecule has 1 N–H and O–H groups in total. The summed E-state index contributed by atoms with van der Waals surface area (Å²) in [6, 6.07) is 4.78. The van der Waals surface area contributed by atoms with Gasteiger partial charge in [-0.15, -0.1) is 0 Å². The first-order valence-electron chi connectivity index (χ1n) is 8.21. The third-order valence-electron chi connectivity index (χ3n) is 4.07. The van der Waals surface area contributed by atoms with Crippen molar-refractivity contribution in [3.8, 4) is 0 Å². The van der Waals surface area contributed by atoms with E-state index < -0.39 is 10.0 Å². The number of carbonyl (C=O) groups is 1.